The van der Waals surface area contributed by atoms with Gasteiger partial charge in [0, 0.05) is 18.6 Å². The highest BCUT2D eigenvalue weighted by molar-refractivity contribution is 5.78. The summed E-state index contributed by atoms with van der Waals surface area (Å²) in [6.45, 7) is 13.0. The minimum atomic E-state index is -0.744. The molecule has 3 rings (SSSR count). The highest BCUT2D eigenvalue weighted by Crippen LogP contribution is 2.38. The summed E-state index contributed by atoms with van der Waals surface area (Å²) in [4.78, 5) is 16.2. The van der Waals surface area contributed by atoms with Gasteiger partial charge in [-0.3, -0.25) is 9.69 Å². The Labute approximate surface area is 205 Å². The fourth-order valence-electron chi connectivity index (χ4n) is 4.50. The van der Waals surface area contributed by atoms with Crippen molar-refractivity contribution in [3.8, 4) is 0 Å². The Bertz CT molecular complexity index is 1030. The Morgan fingerprint density at radius 3 is 1.74 bits per heavy atom. The molecule has 3 nitrogen and oxygen atoms in total. The molecule has 180 valence electrons. The number of rotatable bonds is 9. The lowest BCUT2D eigenvalue weighted by Crippen LogP contribution is -2.52. The predicted octanol–water partition coefficient (Wildman–Crippen LogP) is 7.23. The summed E-state index contributed by atoms with van der Waals surface area (Å²) in [7, 11) is 0. The van der Waals surface area contributed by atoms with Crippen LogP contribution in [0.25, 0.3) is 0 Å². The maximum absolute atomic E-state index is 13.8. The molecule has 3 atom stereocenters. The van der Waals surface area contributed by atoms with Gasteiger partial charge >= 0.3 is 5.97 Å². The van der Waals surface area contributed by atoms with Gasteiger partial charge in [-0.1, -0.05) is 91.0 Å². The first-order valence-corrected chi connectivity index (χ1v) is 12.2. The van der Waals surface area contributed by atoms with Gasteiger partial charge in [-0.05, 0) is 64.7 Å². The summed E-state index contributed by atoms with van der Waals surface area (Å²) in [5.74, 6) is -0.158. The van der Waals surface area contributed by atoms with E-state index >= 15 is 0 Å². The van der Waals surface area contributed by atoms with Gasteiger partial charge in [0.15, 0.2) is 0 Å². The van der Waals surface area contributed by atoms with Crippen LogP contribution in [0.2, 0.25) is 0 Å². The average molecular weight is 458 g/mol. The maximum Gasteiger partial charge on any atom is 0.314 e. The molecule has 0 amide bonds. The Kier molecular flexibility index (Phi) is 8.33. The largest absolute Gasteiger partial charge is 0.459 e. The van der Waals surface area contributed by atoms with Crippen LogP contribution in [-0.2, 0) is 22.5 Å². The van der Waals surface area contributed by atoms with Gasteiger partial charge in [-0.2, -0.15) is 0 Å². The fourth-order valence-corrected chi connectivity index (χ4v) is 4.50. The van der Waals surface area contributed by atoms with Crippen LogP contribution >= 0.6 is 0 Å². The summed E-state index contributed by atoms with van der Waals surface area (Å²) in [6.07, 6.45) is 0.608. The van der Waals surface area contributed by atoms with Crippen LogP contribution in [0.5, 0.6) is 0 Å². The summed E-state index contributed by atoms with van der Waals surface area (Å²) < 4.78 is 6.02. The van der Waals surface area contributed by atoms with Crippen LogP contribution in [0, 0.1) is 5.41 Å². The molecule has 0 saturated carbocycles. The van der Waals surface area contributed by atoms with Crippen molar-refractivity contribution in [1.82, 2.24) is 4.90 Å². The molecule has 0 N–H and O–H groups in total. The highest BCUT2D eigenvalue weighted by Gasteiger charge is 2.45. The molecule has 0 heterocycles. The van der Waals surface area contributed by atoms with Gasteiger partial charge in [-0.25, -0.2) is 0 Å². The van der Waals surface area contributed by atoms with Crippen molar-refractivity contribution in [3.63, 3.8) is 0 Å². The first-order valence-electron chi connectivity index (χ1n) is 12.2. The normalized spacial score (nSPS) is 15.4. The number of hydrogen-bond donors (Lipinski definition) is 0. The summed E-state index contributed by atoms with van der Waals surface area (Å²) in [6, 6.07) is 31.3. The van der Waals surface area contributed by atoms with E-state index in [1.54, 1.807) is 0 Å². The summed E-state index contributed by atoms with van der Waals surface area (Å²) >= 11 is 0. The maximum atomic E-state index is 13.8. The van der Waals surface area contributed by atoms with Crippen LogP contribution in [0.3, 0.4) is 0 Å². The van der Waals surface area contributed by atoms with Crippen LogP contribution in [0.15, 0.2) is 91.0 Å². The van der Waals surface area contributed by atoms with E-state index in [-0.39, 0.29) is 18.1 Å². The lowest BCUT2D eigenvalue weighted by atomic mass is 9.76. The quantitative estimate of drug-likeness (QED) is 0.317. The first-order chi connectivity index (χ1) is 16.1. The van der Waals surface area contributed by atoms with Gasteiger partial charge in [-0.15, -0.1) is 0 Å². The molecule has 0 radical (unpaired) electrons. The van der Waals surface area contributed by atoms with E-state index in [4.69, 9.17) is 4.74 Å². The Balaban J connectivity index is 2.04. The second-order valence-corrected chi connectivity index (χ2v) is 10.5. The number of hydrogen-bond acceptors (Lipinski definition) is 3. The molecule has 0 saturated heterocycles. The van der Waals surface area contributed by atoms with Crippen molar-refractivity contribution >= 4 is 5.97 Å². The smallest absolute Gasteiger partial charge is 0.314 e. The van der Waals surface area contributed by atoms with Crippen molar-refractivity contribution in [2.45, 2.75) is 72.2 Å². The Hall–Kier alpha value is -2.91. The SMILES string of the molecule is C[C@H](c1ccccc1)N(Cc1ccccc1)[C@H](C)[C@@](C)(Cc1ccccc1)C(=O)OC(C)(C)C. The molecule has 0 unspecified atom stereocenters. The van der Waals surface area contributed by atoms with E-state index in [0.717, 1.165) is 12.1 Å². The monoisotopic (exact) mass is 457 g/mol. The molecule has 3 aromatic rings. The molecule has 3 heteroatoms. The molecule has 0 bridgehead atoms. The van der Waals surface area contributed by atoms with Crippen molar-refractivity contribution in [2.24, 2.45) is 5.41 Å². The molecule has 0 spiro atoms. The van der Waals surface area contributed by atoms with Crippen molar-refractivity contribution in [3.05, 3.63) is 108 Å². The van der Waals surface area contributed by atoms with Crippen LogP contribution < -0.4 is 0 Å². The van der Waals surface area contributed by atoms with E-state index in [9.17, 15) is 4.79 Å². The molecule has 0 aliphatic rings. The second kappa shape index (κ2) is 11.0. The zero-order valence-electron chi connectivity index (χ0n) is 21.5. The van der Waals surface area contributed by atoms with Crippen LogP contribution in [0.4, 0.5) is 0 Å². The minimum Gasteiger partial charge on any atom is -0.459 e. The van der Waals surface area contributed by atoms with E-state index in [0.29, 0.717) is 6.42 Å². The molecule has 0 fully saturated rings. The standard InChI is InChI=1S/C31H39NO2/c1-24(28-20-14-9-15-21-28)32(23-27-18-12-8-13-19-27)25(2)31(6,29(33)34-30(3,4)5)22-26-16-10-7-11-17-26/h7-21,24-25H,22-23H2,1-6H3/t24-,25-,31-/m1/s1. The van der Waals surface area contributed by atoms with Crippen LogP contribution in [-0.4, -0.2) is 22.5 Å². The van der Waals surface area contributed by atoms with E-state index in [1.165, 1.54) is 11.1 Å². The van der Waals surface area contributed by atoms with Gasteiger partial charge in [0.05, 0.1) is 5.41 Å². The van der Waals surface area contributed by atoms with Gasteiger partial charge in [0.25, 0.3) is 0 Å². The summed E-state index contributed by atoms with van der Waals surface area (Å²) in [5.41, 5.74) is 2.30. The van der Waals surface area contributed by atoms with E-state index in [1.807, 2.05) is 51.1 Å². The molecule has 34 heavy (non-hydrogen) atoms. The number of nitrogens with zero attached hydrogens (tertiary/aromatic N) is 1. The third-order valence-electron chi connectivity index (χ3n) is 6.69. The Morgan fingerprint density at radius 2 is 1.24 bits per heavy atom. The number of carbonyl (C=O) groups is 1. The van der Waals surface area contributed by atoms with E-state index < -0.39 is 11.0 Å². The van der Waals surface area contributed by atoms with Crippen LogP contribution in [0.1, 0.15) is 64.3 Å². The van der Waals surface area contributed by atoms with Crippen molar-refractivity contribution in [1.29, 1.82) is 0 Å². The molecule has 0 aliphatic carbocycles. The van der Waals surface area contributed by atoms with Gasteiger partial charge < -0.3 is 4.74 Å². The number of carbonyl (C=O) groups excluding carboxylic acids is 1. The zero-order chi connectivity index (χ0) is 24.8. The summed E-state index contributed by atoms with van der Waals surface area (Å²) in [5, 5.41) is 0. The van der Waals surface area contributed by atoms with Crippen molar-refractivity contribution in [2.75, 3.05) is 0 Å². The zero-order valence-corrected chi connectivity index (χ0v) is 21.5. The van der Waals surface area contributed by atoms with E-state index in [2.05, 4.69) is 86.3 Å². The van der Waals surface area contributed by atoms with Gasteiger partial charge in [0.1, 0.15) is 5.60 Å². The fraction of sp³-hybridized carbons (Fsp3) is 0.387. The van der Waals surface area contributed by atoms with Gasteiger partial charge in [0.2, 0.25) is 0 Å². The predicted molar refractivity (Wildman–Crippen MR) is 140 cm³/mol. The number of ether oxygens (including phenoxy) is 1. The third-order valence-corrected chi connectivity index (χ3v) is 6.69. The third kappa shape index (κ3) is 6.57. The molecular formula is C31H39NO2. The molecule has 0 aromatic heterocycles. The lowest BCUT2D eigenvalue weighted by Gasteiger charge is -2.44. The van der Waals surface area contributed by atoms with Crippen molar-refractivity contribution < 1.29 is 9.53 Å². The Morgan fingerprint density at radius 1 is 0.765 bits per heavy atom. The number of esters is 1. The second-order valence-electron chi connectivity index (χ2n) is 10.5. The highest BCUT2D eigenvalue weighted by atomic mass is 16.6. The number of benzene rings is 3. The average Bonchev–Trinajstić information content (AvgIpc) is 2.82. The molecule has 0 aliphatic heterocycles. The molecule has 3 aromatic carbocycles. The topological polar surface area (TPSA) is 29.5 Å². The first kappa shape index (κ1) is 25.7. The lowest BCUT2D eigenvalue weighted by molar-refractivity contribution is -0.171. The molecular weight excluding hydrogens is 418 g/mol. The minimum absolute atomic E-state index is 0.0852.